The number of likely N-dealkylation sites (tertiary alicyclic amines) is 1. The molecule has 1 saturated heterocycles. The second kappa shape index (κ2) is 4.99. The molecule has 0 amide bonds. The number of aromatic amines is 1. The van der Waals surface area contributed by atoms with E-state index in [2.05, 4.69) is 48.0 Å². The number of hydrogen-bond donors (Lipinski definition) is 2. The lowest BCUT2D eigenvalue weighted by molar-refractivity contribution is 0.309. The molecule has 19 heavy (non-hydrogen) atoms. The quantitative estimate of drug-likeness (QED) is 0.888. The van der Waals surface area contributed by atoms with Crippen molar-refractivity contribution in [2.45, 2.75) is 32.9 Å². The minimum Gasteiger partial charge on any atom is -0.358 e. The number of H-pyrrole nitrogens is 1. The highest BCUT2D eigenvalue weighted by Gasteiger charge is 2.25. The Hall–Kier alpha value is -1.32. The molecule has 0 saturated carbocycles. The van der Waals surface area contributed by atoms with Gasteiger partial charge in [-0.1, -0.05) is 18.2 Å². The standard InChI is InChI=1S/C16H23N3/c1-11(17)13-7-8-19(9-13)10-15-12(2)18-16-6-4-3-5-14(15)16/h3-6,11,13,18H,7-10,17H2,1-2H3. The average Bonchev–Trinajstić information content (AvgIpc) is 2.96. The zero-order valence-corrected chi connectivity index (χ0v) is 11.8. The van der Waals surface area contributed by atoms with Gasteiger partial charge in [0.1, 0.15) is 0 Å². The zero-order chi connectivity index (χ0) is 13.4. The molecule has 2 unspecified atom stereocenters. The summed E-state index contributed by atoms with van der Waals surface area (Å²) in [4.78, 5) is 6.02. The maximum absolute atomic E-state index is 6.02. The molecule has 1 aliphatic heterocycles. The molecule has 0 spiro atoms. The molecule has 3 nitrogen and oxygen atoms in total. The molecule has 3 rings (SSSR count). The van der Waals surface area contributed by atoms with E-state index in [4.69, 9.17) is 5.73 Å². The first-order valence-corrected chi connectivity index (χ1v) is 7.19. The molecular weight excluding hydrogens is 234 g/mol. The Bertz CT molecular complexity index is 570. The number of hydrogen-bond acceptors (Lipinski definition) is 2. The highest BCUT2D eigenvalue weighted by molar-refractivity contribution is 5.84. The van der Waals surface area contributed by atoms with Crippen LogP contribution in [0.4, 0.5) is 0 Å². The summed E-state index contributed by atoms with van der Waals surface area (Å²) in [7, 11) is 0. The SMILES string of the molecule is Cc1[nH]c2ccccc2c1CN1CCC(C(C)N)C1. The van der Waals surface area contributed by atoms with Crippen molar-refractivity contribution in [2.75, 3.05) is 13.1 Å². The van der Waals surface area contributed by atoms with Gasteiger partial charge in [-0.2, -0.15) is 0 Å². The summed E-state index contributed by atoms with van der Waals surface area (Å²) in [6.07, 6.45) is 1.24. The largest absolute Gasteiger partial charge is 0.358 e. The van der Waals surface area contributed by atoms with Crippen molar-refractivity contribution in [1.29, 1.82) is 0 Å². The first kappa shape index (κ1) is 12.7. The van der Waals surface area contributed by atoms with E-state index in [9.17, 15) is 0 Å². The van der Waals surface area contributed by atoms with E-state index in [1.54, 1.807) is 0 Å². The molecule has 102 valence electrons. The maximum atomic E-state index is 6.02. The highest BCUT2D eigenvalue weighted by Crippen LogP contribution is 2.26. The van der Waals surface area contributed by atoms with Crippen molar-refractivity contribution in [3.05, 3.63) is 35.5 Å². The van der Waals surface area contributed by atoms with Crippen LogP contribution in [-0.2, 0) is 6.54 Å². The van der Waals surface area contributed by atoms with Gasteiger partial charge in [0.15, 0.2) is 0 Å². The van der Waals surface area contributed by atoms with Gasteiger partial charge in [0.25, 0.3) is 0 Å². The number of para-hydroxylation sites is 1. The molecule has 3 N–H and O–H groups in total. The Balaban J connectivity index is 1.81. The number of nitrogens with one attached hydrogen (secondary N) is 1. The fourth-order valence-electron chi connectivity index (χ4n) is 3.20. The van der Waals surface area contributed by atoms with Crippen LogP contribution in [0, 0.1) is 12.8 Å². The fourth-order valence-corrected chi connectivity index (χ4v) is 3.20. The molecule has 0 bridgehead atoms. The molecule has 2 aromatic rings. The lowest BCUT2D eigenvalue weighted by atomic mass is 10.0. The monoisotopic (exact) mass is 257 g/mol. The van der Waals surface area contributed by atoms with Crippen LogP contribution in [0.2, 0.25) is 0 Å². The Morgan fingerprint density at radius 3 is 2.95 bits per heavy atom. The van der Waals surface area contributed by atoms with E-state index >= 15 is 0 Å². The lowest BCUT2D eigenvalue weighted by Crippen LogP contribution is -2.29. The van der Waals surface area contributed by atoms with E-state index in [0.717, 1.165) is 13.1 Å². The third-order valence-electron chi connectivity index (χ3n) is 4.46. The summed E-state index contributed by atoms with van der Waals surface area (Å²) >= 11 is 0. The Morgan fingerprint density at radius 1 is 1.42 bits per heavy atom. The van der Waals surface area contributed by atoms with Crippen LogP contribution < -0.4 is 5.73 Å². The second-order valence-corrected chi connectivity index (χ2v) is 5.92. The summed E-state index contributed by atoms with van der Waals surface area (Å²) in [5.41, 5.74) is 10.0. The normalized spacial score (nSPS) is 22.2. The third kappa shape index (κ3) is 2.40. The lowest BCUT2D eigenvalue weighted by Gasteiger charge is -2.18. The smallest absolute Gasteiger partial charge is 0.0459 e. The molecule has 2 atom stereocenters. The Labute approximate surface area is 114 Å². The number of fused-ring (bicyclic) bond motifs is 1. The maximum Gasteiger partial charge on any atom is 0.0459 e. The van der Waals surface area contributed by atoms with E-state index in [0.29, 0.717) is 12.0 Å². The number of aryl methyl sites for hydroxylation is 1. The summed E-state index contributed by atoms with van der Waals surface area (Å²) < 4.78 is 0. The van der Waals surface area contributed by atoms with Crippen molar-refractivity contribution in [1.82, 2.24) is 9.88 Å². The molecule has 0 aliphatic carbocycles. The summed E-state index contributed by atoms with van der Waals surface area (Å²) in [5.74, 6) is 0.658. The van der Waals surface area contributed by atoms with Gasteiger partial charge in [0.05, 0.1) is 0 Å². The van der Waals surface area contributed by atoms with Gasteiger partial charge in [0.2, 0.25) is 0 Å². The van der Waals surface area contributed by atoms with E-state index in [1.807, 2.05) is 0 Å². The number of rotatable bonds is 3. The van der Waals surface area contributed by atoms with Gasteiger partial charge in [-0.05, 0) is 44.4 Å². The van der Waals surface area contributed by atoms with E-state index < -0.39 is 0 Å². The van der Waals surface area contributed by atoms with Gasteiger partial charge in [-0.25, -0.2) is 0 Å². The van der Waals surface area contributed by atoms with E-state index in [-0.39, 0.29) is 0 Å². The molecule has 0 radical (unpaired) electrons. The fraction of sp³-hybridized carbons (Fsp3) is 0.500. The van der Waals surface area contributed by atoms with Gasteiger partial charge >= 0.3 is 0 Å². The minimum absolute atomic E-state index is 0.314. The highest BCUT2D eigenvalue weighted by atomic mass is 15.1. The molecular formula is C16H23N3. The van der Waals surface area contributed by atoms with Crippen LogP contribution in [0.5, 0.6) is 0 Å². The summed E-state index contributed by atoms with van der Waals surface area (Å²) in [6, 6.07) is 8.89. The van der Waals surface area contributed by atoms with Crippen molar-refractivity contribution in [2.24, 2.45) is 11.7 Å². The zero-order valence-electron chi connectivity index (χ0n) is 11.8. The molecule has 3 heteroatoms. The Morgan fingerprint density at radius 2 is 2.21 bits per heavy atom. The number of benzene rings is 1. The first-order valence-electron chi connectivity index (χ1n) is 7.19. The molecule has 1 fully saturated rings. The van der Waals surface area contributed by atoms with Crippen molar-refractivity contribution < 1.29 is 0 Å². The number of aromatic nitrogens is 1. The third-order valence-corrected chi connectivity index (χ3v) is 4.46. The van der Waals surface area contributed by atoms with E-state index in [1.165, 1.54) is 35.1 Å². The molecule has 1 aliphatic rings. The van der Waals surface area contributed by atoms with Gasteiger partial charge in [0, 0.05) is 35.7 Å². The average molecular weight is 257 g/mol. The number of nitrogens with zero attached hydrogens (tertiary/aromatic N) is 1. The van der Waals surface area contributed by atoms with Crippen molar-refractivity contribution in [3.63, 3.8) is 0 Å². The van der Waals surface area contributed by atoms with Crippen molar-refractivity contribution in [3.8, 4) is 0 Å². The molecule has 2 heterocycles. The molecule has 1 aromatic carbocycles. The van der Waals surface area contributed by atoms with Crippen LogP contribution in [0.25, 0.3) is 10.9 Å². The summed E-state index contributed by atoms with van der Waals surface area (Å²) in [5, 5.41) is 1.37. The van der Waals surface area contributed by atoms with Crippen LogP contribution in [0.1, 0.15) is 24.6 Å². The number of nitrogens with two attached hydrogens (primary N) is 1. The topological polar surface area (TPSA) is 45.0 Å². The Kier molecular flexibility index (Phi) is 3.33. The molecule has 1 aromatic heterocycles. The predicted octanol–water partition coefficient (Wildman–Crippen LogP) is 2.65. The van der Waals surface area contributed by atoms with Gasteiger partial charge < -0.3 is 10.7 Å². The van der Waals surface area contributed by atoms with Crippen LogP contribution >= 0.6 is 0 Å². The minimum atomic E-state index is 0.314. The summed E-state index contributed by atoms with van der Waals surface area (Å²) in [6.45, 7) is 7.65. The van der Waals surface area contributed by atoms with Crippen molar-refractivity contribution >= 4 is 10.9 Å². The van der Waals surface area contributed by atoms with Crippen LogP contribution in [0.15, 0.2) is 24.3 Å². The van der Waals surface area contributed by atoms with Gasteiger partial charge in [-0.3, -0.25) is 4.90 Å². The predicted molar refractivity (Wildman–Crippen MR) is 80.1 cm³/mol. The van der Waals surface area contributed by atoms with Crippen LogP contribution in [0.3, 0.4) is 0 Å². The second-order valence-electron chi connectivity index (χ2n) is 5.92. The first-order chi connectivity index (χ1) is 9.15. The van der Waals surface area contributed by atoms with Crippen LogP contribution in [-0.4, -0.2) is 29.0 Å². The van der Waals surface area contributed by atoms with Gasteiger partial charge in [-0.15, -0.1) is 0 Å².